The van der Waals surface area contributed by atoms with Gasteiger partial charge in [0.05, 0.1) is 0 Å². The topological polar surface area (TPSA) is 79.2 Å². The number of anilines is 1. The Bertz CT molecular complexity index is 836. The van der Waals surface area contributed by atoms with Crippen LogP contribution in [0.25, 0.3) is 6.08 Å². The van der Waals surface area contributed by atoms with Gasteiger partial charge in [-0.3, -0.25) is 9.59 Å². The molecule has 0 saturated carbocycles. The first-order valence-corrected chi connectivity index (χ1v) is 7.74. The first-order valence-electron chi connectivity index (χ1n) is 6.95. The number of carbonyl (C=O) groups excluding carboxylic acids is 2. The number of hydrogen-bond donors (Lipinski definition) is 1. The summed E-state index contributed by atoms with van der Waals surface area (Å²) >= 11 is 3.31. The number of rotatable bonds is 4. The van der Waals surface area contributed by atoms with Crippen molar-refractivity contribution in [3.8, 4) is 11.8 Å². The molecule has 0 aliphatic heterocycles. The Morgan fingerprint density at radius 2 is 1.92 bits per heavy atom. The van der Waals surface area contributed by atoms with Gasteiger partial charge in [0.1, 0.15) is 17.4 Å². The second kappa shape index (κ2) is 8.09. The van der Waals surface area contributed by atoms with Crippen molar-refractivity contribution in [1.82, 2.24) is 0 Å². The SMILES string of the molecule is CC(=O)Oc1cccc(/C=C(/C#N)C(=O)Nc2ccc(Br)cc2)c1. The molecule has 2 aromatic rings. The Morgan fingerprint density at radius 1 is 1.21 bits per heavy atom. The van der Waals surface area contributed by atoms with E-state index < -0.39 is 11.9 Å². The summed E-state index contributed by atoms with van der Waals surface area (Å²) in [5.74, 6) is -0.607. The summed E-state index contributed by atoms with van der Waals surface area (Å²) in [5.41, 5.74) is 1.10. The maximum atomic E-state index is 12.2. The Morgan fingerprint density at radius 3 is 2.54 bits per heavy atom. The Kier molecular flexibility index (Phi) is 5.88. The van der Waals surface area contributed by atoms with Crippen LogP contribution in [0.4, 0.5) is 5.69 Å². The van der Waals surface area contributed by atoms with Gasteiger partial charge < -0.3 is 10.1 Å². The van der Waals surface area contributed by atoms with Crippen LogP contribution in [0.5, 0.6) is 5.75 Å². The fourth-order valence-electron chi connectivity index (χ4n) is 1.88. The van der Waals surface area contributed by atoms with Gasteiger partial charge in [0.2, 0.25) is 0 Å². The molecule has 6 heteroatoms. The highest BCUT2D eigenvalue weighted by Crippen LogP contribution is 2.18. The molecule has 0 aliphatic rings. The van der Waals surface area contributed by atoms with Crippen molar-refractivity contribution >= 4 is 39.6 Å². The molecule has 1 N–H and O–H groups in total. The van der Waals surface area contributed by atoms with Crippen LogP contribution in [-0.4, -0.2) is 11.9 Å². The van der Waals surface area contributed by atoms with E-state index in [-0.39, 0.29) is 5.57 Å². The van der Waals surface area contributed by atoms with Gasteiger partial charge in [-0.25, -0.2) is 0 Å². The molecule has 0 unspecified atom stereocenters. The van der Waals surface area contributed by atoms with Crippen LogP contribution in [0.15, 0.2) is 58.6 Å². The molecule has 5 nitrogen and oxygen atoms in total. The molecule has 0 bridgehead atoms. The van der Waals surface area contributed by atoms with Gasteiger partial charge in [0.15, 0.2) is 0 Å². The summed E-state index contributed by atoms with van der Waals surface area (Å²) in [6, 6.07) is 15.5. The predicted molar refractivity (Wildman–Crippen MR) is 94.1 cm³/mol. The number of amides is 1. The summed E-state index contributed by atoms with van der Waals surface area (Å²) in [5, 5.41) is 11.9. The lowest BCUT2D eigenvalue weighted by molar-refractivity contribution is -0.131. The van der Waals surface area contributed by atoms with Crippen molar-refractivity contribution in [3.05, 3.63) is 64.1 Å². The molecular formula is C18H13BrN2O3. The third-order valence-corrected chi connectivity index (χ3v) is 3.43. The van der Waals surface area contributed by atoms with Crippen LogP contribution >= 0.6 is 15.9 Å². The van der Waals surface area contributed by atoms with E-state index in [0.29, 0.717) is 17.0 Å². The number of esters is 1. The molecule has 0 saturated heterocycles. The second-order valence-corrected chi connectivity index (χ2v) is 5.71. The van der Waals surface area contributed by atoms with Gasteiger partial charge >= 0.3 is 5.97 Å². The van der Waals surface area contributed by atoms with Gasteiger partial charge in [-0.15, -0.1) is 0 Å². The first kappa shape index (κ1) is 17.4. The normalized spacial score (nSPS) is 10.6. The number of nitriles is 1. The maximum Gasteiger partial charge on any atom is 0.308 e. The molecule has 2 rings (SSSR count). The highest BCUT2D eigenvalue weighted by Gasteiger charge is 2.10. The van der Waals surface area contributed by atoms with E-state index in [9.17, 15) is 14.9 Å². The summed E-state index contributed by atoms with van der Waals surface area (Å²) < 4.78 is 5.87. The van der Waals surface area contributed by atoms with Gasteiger partial charge in [-0.05, 0) is 48.0 Å². The average molecular weight is 385 g/mol. The zero-order chi connectivity index (χ0) is 17.5. The third kappa shape index (κ3) is 5.07. The second-order valence-electron chi connectivity index (χ2n) is 4.80. The molecule has 120 valence electrons. The highest BCUT2D eigenvalue weighted by molar-refractivity contribution is 9.10. The molecule has 0 fully saturated rings. The Labute approximate surface area is 147 Å². The van der Waals surface area contributed by atoms with E-state index in [2.05, 4.69) is 21.2 Å². The van der Waals surface area contributed by atoms with Crippen LogP contribution in [0.1, 0.15) is 12.5 Å². The number of halogens is 1. The molecule has 0 spiro atoms. The van der Waals surface area contributed by atoms with Crippen molar-refractivity contribution in [1.29, 1.82) is 5.26 Å². The van der Waals surface area contributed by atoms with E-state index in [1.54, 1.807) is 48.5 Å². The lowest BCUT2D eigenvalue weighted by Gasteiger charge is -2.05. The lowest BCUT2D eigenvalue weighted by Crippen LogP contribution is -2.13. The summed E-state index contributed by atoms with van der Waals surface area (Å²) in [4.78, 5) is 23.2. The summed E-state index contributed by atoms with van der Waals surface area (Å²) in [6.07, 6.45) is 1.43. The number of nitrogens with one attached hydrogen (secondary N) is 1. The van der Waals surface area contributed by atoms with Crippen molar-refractivity contribution in [2.24, 2.45) is 0 Å². The molecular weight excluding hydrogens is 372 g/mol. The molecule has 0 aliphatic carbocycles. The van der Waals surface area contributed by atoms with Crippen LogP contribution < -0.4 is 10.1 Å². The van der Waals surface area contributed by atoms with Gasteiger partial charge in [-0.1, -0.05) is 28.1 Å². The molecule has 1 amide bonds. The first-order chi connectivity index (χ1) is 11.5. The van der Waals surface area contributed by atoms with Crippen molar-refractivity contribution in [3.63, 3.8) is 0 Å². The molecule has 0 heterocycles. The van der Waals surface area contributed by atoms with Crippen LogP contribution in [0, 0.1) is 11.3 Å². The quantitative estimate of drug-likeness (QED) is 0.375. The van der Waals surface area contributed by atoms with E-state index in [4.69, 9.17) is 4.74 Å². The van der Waals surface area contributed by atoms with E-state index in [0.717, 1.165) is 4.47 Å². The predicted octanol–water partition coefficient (Wildman–Crippen LogP) is 3.92. The van der Waals surface area contributed by atoms with E-state index in [1.807, 2.05) is 6.07 Å². The van der Waals surface area contributed by atoms with E-state index in [1.165, 1.54) is 13.0 Å². The molecule has 2 aromatic carbocycles. The summed E-state index contributed by atoms with van der Waals surface area (Å²) in [7, 11) is 0. The lowest BCUT2D eigenvalue weighted by atomic mass is 10.1. The van der Waals surface area contributed by atoms with E-state index >= 15 is 0 Å². The van der Waals surface area contributed by atoms with Crippen molar-refractivity contribution in [2.75, 3.05) is 5.32 Å². The summed E-state index contributed by atoms with van der Waals surface area (Å²) in [6.45, 7) is 1.30. The van der Waals surface area contributed by atoms with Gasteiger partial charge in [0, 0.05) is 17.1 Å². The fraction of sp³-hybridized carbons (Fsp3) is 0.0556. The smallest absolute Gasteiger partial charge is 0.308 e. The van der Waals surface area contributed by atoms with Crippen LogP contribution in [-0.2, 0) is 9.59 Å². The van der Waals surface area contributed by atoms with Crippen molar-refractivity contribution in [2.45, 2.75) is 6.92 Å². The highest BCUT2D eigenvalue weighted by atomic mass is 79.9. The number of hydrogen-bond acceptors (Lipinski definition) is 4. The molecule has 0 atom stereocenters. The Hall–Kier alpha value is -2.91. The van der Waals surface area contributed by atoms with Gasteiger partial charge in [-0.2, -0.15) is 5.26 Å². The number of benzene rings is 2. The minimum absolute atomic E-state index is 0.0575. The Balaban J connectivity index is 2.19. The minimum atomic E-state index is -0.516. The van der Waals surface area contributed by atoms with Crippen LogP contribution in [0.3, 0.4) is 0 Å². The molecule has 0 radical (unpaired) electrons. The molecule has 24 heavy (non-hydrogen) atoms. The molecule has 0 aromatic heterocycles. The van der Waals surface area contributed by atoms with Gasteiger partial charge in [0.25, 0.3) is 5.91 Å². The monoisotopic (exact) mass is 384 g/mol. The average Bonchev–Trinajstić information content (AvgIpc) is 2.54. The minimum Gasteiger partial charge on any atom is -0.427 e. The standard InChI is InChI=1S/C18H13BrN2O3/c1-12(22)24-17-4-2-3-13(10-17)9-14(11-20)18(23)21-16-7-5-15(19)6-8-16/h2-10H,1H3,(H,21,23)/b14-9-. The number of carbonyl (C=O) groups is 2. The van der Waals surface area contributed by atoms with Crippen LogP contribution in [0.2, 0.25) is 0 Å². The largest absolute Gasteiger partial charge is 0.427 e. The number of ether oxygens (including phenoxy) is 1. The zero-order valence-corrected chi connectivity index (χ0v) is 14.3. The maximum absolute atomic E-state index is 12.2. The van der Waals surface area contributed by atoms with Crippen molar-refractivity contribution < 1.29 is 14.3 Å². The third-order valence-electron chi connectivity index (χ3n) is 2.90. The number of nitrogens with zero attached hydrogens (tertiary/aromatic N) is 1. The fourth-order valence-corrected chi connectivity index (χ4v) is 2.15. The zero-order valence-electron chi connectivity index (χ0n) is 12.7.